The summed E-state index contributed by atoms with van der Waals surface area (Å²) in [4.78, 5) is 0. The molecule has 1 heteroatoms. The first-order valence-electron chi connectivity index (χ1n) is 4.40. The van der Waals surface area contributed by atoms with Crippen LogP contribution in [-0.4, -0.2) is 11.6 Å². The number of hydrogen-bond acceptors (Lipinski definition) is 1. The fraction of sp³-hybridized carbons (Fsp3) is 0.800. The maximum atomic E-state index is 5.30. The molecule has 0 bridgehead atoms. The highest BCUT2D eigenvalue weighted by Crippen LogP contribution is 2.29. The van der Waals surface area contributed by atoms with Crippen LogP contribution in [0.5, 0.6) is 0 Å². The largest absolute Gasteiger partial charge is 0.299 e. The molecule has 0 aromatic carbocycles. The van der Waals surface area contributed by atoms with E-state index in [9.17, 15) is 0 Å². The van der Waals surface area contributed by atoms with E-state index in [4.69, 9.17) is 6.42 Å². The SMILES string of the molecule is C#CC(C)NC1(C)CCCC1. The lowest BCUT2D eigenvalue weighted by Crippen LogP contribution is -2.44. The van der Waals surface area contributed by atoms with Gasteiger partial charge in [0.15, 0.2) is 0 Å². The number of nitrogens with one attached hydrogen (secondary N) is 1. The minimum absolute atomic E-state index is 0.220. The molecule has 62 valence electrons. The summed E-state index contributed by atoms with van der Waals surface area (Å²) in [5.41, 5.74) is 0.325. The van der Waals surface area contributed by atoms with Gasteiger partial charge in [-0.05, 0) is 26.7 Å². The van der Waals surface area contributed by atoms with Crippen molar-refractivity contribution < 1.29 is 0 Å². The van der Waals surface area contributed by atoms with Crippen LogP contribution >= 0.6 is 0 Å². The Balaban J connectivity index is 2.41. The summed E-state index contributed by atoms with van der Waals surface area (Å²) >= 11 is 0. The third-order valence-electron chi connectivity index (χ3n) is 2.52. The van der Waals surface area contributed by atoms with Gasteiger partial charge in [-0.25, -0.2) is 0 Å². The lowest BCUT2D eigenvalue weighted by molar-refractivity contribution is 0.351. The van der Waals surface area contributed by atoms with Crippen LogP contribution in [0.15, 0.2) is 0 Å². The molecule has 1 aliphatic carbocycles. The molecule has 1 fully saturated rings. The summed E-state index contributed by atoms with van der Waals surface area (Å²) in [5.74, 6) is 2.71. The highest BCUT2D eigenvalue weighted by molar-refractivity contribution is 5.01. The van der Waals surface area contributed by atoms with Crippen molar-refractivity contribution in [1.82, 2.24) is 5.32 Å². The van der Waals surface area contributed by atoms with E-state index >= 15 is 0 Å². The van der Waals surface area contributed by atoms with Gasteiger partial charge in [0.25, 0.3) is 0 Å². The van der Waals surface area contributed by atoms with Crippen LogP contribution in [0.1, 0.15) is 39.5 Å². The normalized spacial score (nSPS) is 24.5. The summed E-state index contributed by atoms with van der Waals surface area (Å²) in [6.45, 7) is 4.32. The van der Waals surface area contributed by atoms with E-state index in [2.05, 4.69) is 18.2 Å². The Morgan fingerprint density at radius 2 is 2.00 bits per heavy atom. The molecule has 1 nitrogen and oxygen atoms in total. The van der Waals surface area contributed by atoms with E-state index in [0.717, 1.165) is 0 Å². The smallest absolute Gasteiger partial charge is 0.0662 e. The number of hydrogen-bond donors (Lipinski definition) is 1. The molecular formula is C10H17N. The summed E-state index contributed by atoms with van der Waals surface area (Å²) in [6, 6.07) is 0.220. The van der Waals surface area contributed by atoms with E-state index in [1.165, 1.54) is 25.7 Å². The number of rotatable bonds is 2. The molecule has 0 saturated heterocycles. The zero-order chi connectivity index (χ0) is 8.32. The Labute approximate surface area is 69.6 Å². The molecular weight excluding hydrogens is 134 g/mol. The Morgan fingerprint density at radius 1 is 1.45 bits per heavy atom. The molecule has 1 saturated carbocycles. The minimum atomic E-state index is 0.220. The third-order valence-corrected chi connectivity index (χ3v) is 2.52. The molecule has 1 aliphatic rings. The molecule has 0 amide bonds. The monoisotopic (exact) mass is 151 g/mol. The molecule has 1 N–H and O–H groups in total. The van der Waals surface area contributed by atoms with Crippen LogP contribution in [0.4, 0.5) is 0 Å². The van der Waals surface area contributed by atoms with Crippen molar-refractivity contribution in [3.05, 3.63) is 0 Å². The topological polar surface area (TPSA) is 12.0 Å². The van der Waals surface area contributed by atoms with Crippen LogP contribution in [0.25, 0.3) is 0 Å². The molecule has 1 unspecified atom stereocenters. The van der Waals surface area contributed by atoms with Crippen LogP contribution in [0, 0.1) is 12.3 Å². The lowest BCUT2D eigenvalue weighted by atomic mass is 10.00. The first-order valence-corrected chi connectivity index (χ1v) is 4.40. The van der Waals surface area contributed by atoms with Crippen molar-refractivity contribution in [2.45, 2.75) is 51.1 Å². The standard InChI is InChI=1S/C10H17N/c1-4-9(2)11-10(3)7-5-6-8-10/h1,9,11H,5-8H2,2-3H3. The molecule has 0 spiro atoms. The molecule has 0 aromatic heterocycles. The van der Waals surface area contributed by atoms with Gasteiger partial charge in [0, 0.05) is 5.54 Å². The van der Waals surface area contributed by atoms with Crippen molar-refractivity contribution in [3.8, 4) is 12.3 Å². The van der Waals surface area contributed by atoms with Crippen molar-refractivity contribution >= 4 is 0 Å². The molecule has 0 heterocycles. The van der Waals surface area contributed by atoms with E-state index in [1.54, 1.807) is 0 Å². The molecule has 0 aliphatic heterocycles. The first-order chi connectivity index (χ1) is 5.16. The van der Waals surface area contributed by atoms with Gasteiger partial charge in [-0.3, -0.25) is 5.32 Å². The van der Waals surface area contributed by atoms with Gasteiger partial charge in [0.1, 0.15) is 0 Å². The summed E-state index contributed by atoms with van der Waals surface area (Å²) < 4.78 is 0. The van der Waals surface area contributed by atoms with Crippen LogP contribution in [-0.2, 0) is 0 Å². The van der Waals surface area contributed by atoms with Crippen molar-refractivity contribution in [1.29, 1.82) is 0 Å². The highest BCUT2D eigenvalue weighted by Gasteiger charge is 2.28. The predicted molar refractivity (Wildman–Crippen MR) is 48.3 cm³/mol. The van der Waals surface area contributed by atoms with Crippen LogP contribution < -0.4 is 5.32 Å². The first kappa shape index (κ1) is 8.62. The second-order valence-electron chi connectivity index (χ2n) is 3.80. The van der Waals surface area contributed by atoms with E-state index < -0.39 is 0 Å². The average molecular weight is 151 g/mol. The van der Waals surface area contributed by atoms with Crippen LogP contribution in [0.2, 0.25) is 0 Å². The predicted octanol–water partition coefficient (Wildman–Crippen LogP) is 1.93. The quantitative estimate of drug-likeness (QED) is 0.595. The minimum Gasteiger partial charge on any atom is -0.299 e. The van der Waals surface area contributed by atoms with Crippen molar-refractivity contribution in [2.75, 3.05) is 0 Å². The van der Waals surface area contributed by atoms with Gasteiger partial charge >= 0.3 is 0 Å². The second kappa shape index (κ2) is 3.28. The van der Waals surface area contributed by atoms with Crippen LogP contribution in [0.3, 0.4) is 0 Å². The zero-order valence-corrected chi connectivity index (χ0v) is 7.48. The Morgan fingerprint density at radius 3 is 2.45 bits per heavy atom. The fourth-order valence-corrected chi connectivity index (χ4v) is 1.86. The summed E-state index contributed by atoms with van der Waals surface area (Å²) in [6.07, 6.45) is 10.5. The van der Waals surface area contributed by atoms with E-state index in [-0.39, 0.29) is 6.04 Å². The third kappa shape index (κ3) is 2.24. The Hall–Kier alpha value is -0.480. The van der Waals surface area contributed by atoms with Gasteiger partial charge in [0.05, 0.1) is 6.04 Å². The molecule has 0 radical (unpaired) electrons. The molecule has 1 rings (SSSR count). The van der Waals surface area contributed by atoms with Gasteiger partial charge in [-0.2, -0.15) is 0 Å². The molecule has 1 atom stereocenters. The maximum absolute atomic E-state index is 5.30. The Kier molecular flexibility index (Phi) is 2.57. The van der Waals surface area contributed by atoms with Crippen molar-refractivity contribution in [3.63, 3.8) is 0 Å². The Bertz CT molecular complexity index is 160. The van der Waals surface area contributed by atoms with E-state index in [1.807, 2.05) is 6.92 Å². The second-order valence-corrected chi connectivity index (χ2v) is 3.80. The highest BCUT2D eigenvalue weighted by atomic mass is 15.0. The molecule has 0 aromatic rings. The van der Waals surface area contributed by atoms with Gasteiger partial charge < -0.3 is 0 Å². The summed E-state index contributed by atoms with van der Waals surface area (Å²) in [5, 5.41) is 3.47. The van der Waals surface area contributed by atoms with Gasteiger partial charge in [0.2, 0.25) is 0 Å². The van der Waals surface area contributed by atoms with Gasteiger partial charge in [-0.15, -0.1) is 6.42 Å². The fourth-order valence-electron chi connectivity index (χ4n) is 1.86. The molecule has 11 heavy (non-hydrogen) atoms. The van der Waals surface area contributed by atoms with E-state index in [0.29, 0.717) is 5.54 Å². The zero-order valence-electron chi connectivity index (χ0n) is 7.48. The van der Waals surface area contributed by atoms with Crippen molar-refractivity contribution in [2.24, 2.45) is 0 Å². The van der Waals surface area contributed by atoms with Gasteiger partial charge in [-0.1, -0.05) is 18.8 Å². The number of terminal acetylenes is 1. The average Bonchev–Trinajstić information content (AvgIpc) is 2.36. The summed E-state index contributed by atoms with van der Waals surface area (Å²) in [7, 11) is 0. The maximum Gasteiger partial charge on any atom is 0.0662 e. The lowest BCUT2D eigenvalue weighted by Gasteiger charge is -2.27.